The molecule has 2 saturated heterocycles. The van der Waals surface area contributed by atoms with Crippen LogP contribution in [-0.2, 0) is 4.79 Å². The maximum Gasteiger partial charge on any atom is 0.227 e. The number of carbonyl (C=O) groups excluding carboxylic acids is 1. The molecule has 2 aromatic rings. The van der Waals surface area contributed by atoms with E-state index in [2.05, 4.69) is 17.2 Å². The summed E-state index contributed by atoms with van der Waals surface area (Å²) in [5.41, 5.74) is 10.6. The predicted molar refractivity (Wildman–Crippen MR) is 130 cm³/mol. The lowest BCUT2D eigenvalue weighted by Crippen LogP contribution is -2.51. The summed E-state index contributed by atoms with van der Waals surface area (Å²) in [7, 11) is 0. The molecule has 0 radical (unpaired) electrons. The van der Waals surface area contributed by atoms with E-state index in [1.165, 1.54) is 12.1 Å². The third kappa shape index (κ3) is 5.37. The van der Waals surface area contributed by atoms with Crippen LogP contribution in [0.15, 0.2) is 66.6 Å². The number of rotatable bonds is 5. The summed E-state index contributed by atoms with van der Waals surface area (Å²) in [4.78, 5) is 16.9. The fraction of sp³-hybridized carbons (Fsp3) is 0.346. The maximum absolute atomic E-state index is 13.5. The van der Waals surface area contributed by atoms with Gasteiger partial charge in [-0.15, -0.1) is 0 Å². The van der Waals surface area contributed by atoms with Crippen molar-refractivity contribution >= 4 is 17.3 Å². The van der Waals surface area contributed by atoms with Crippen LogP contribution in [0.5, 0.6) is 0 Å². The maximum atomic E-state index is 13.5. The first-order valence-electron chi connectivity index (χ1n) is 11.5. The van der Waals surface area contributed by atoms with Crippen molar-refractivity contribution in [3.63, 3.8) is 0 Å². The Kier molecular flexibility index (Phi) is 6.99. The molecule has 2 fully saturated rings. The zero-order valence-electron chi connectivity index (χ0n) is 19.1. The van der Waals surface area contributed by atoms with Crippen molar-refractivity contribution in [1.29, 1.82) is 0 Å². The number of hydrogen-bond acceptors (Lipinski definition) is 5. The first-order valence-corrected chi connectivity index (χ1v) is 11.5. The molecular formula is C26H32FN5O. The quantitative estimate of drug-likeness (QED) is 0.652. The summed E-state index contributed by atoms with van der Waals surface area (Å²) in [6.45, 7) is 9.63. The Morgan fingerprint density at radius 2 is 1.88 bits per heavy atom. The molecule has 0 aliphatic carbocycles. The third-order valence-electron chi connectivity index (χ3n) is 6.30. The fourth-order valence-electron chi connectivity index (χ4n) is 4.36. The van der Waals surface area contributed by atoms with Crippen molar-refractivity contribution in [2.45, 2.75) is 19.8 Å². The van der Waals surface area contributed by atoms with E-state index in [1.807, 2.05) is 41.0 Å². The average Bonchev–Trinajstić information content (AvgIpc) is 2.84. The molecule has 2 aliphatic heterocycles. The highest BCUT2D eigenvalue weighted by atomic mass is 19.1. The minimum atomic E-state index is -0.312. The highest BCUT2D eigenvalue weighted by Gasteiger charge is 2.31. The topological polar surface area (TPSA) is 73.6 Å². The molecule has 1 unspecified atom stereocenters. The van der Waals surface area contributed by atoms with Gasteiger partial charge in [0.15, 0.2) is 0 Å². The minimum Gasteiger partial charge on any atom is -0.395 e. The van der Waals surface area contributed by atoms with E-state index in [9.17, 15) is 9.18 Å². The molecule has 4 rings (SSSR count). The number of anilines is 1. The van der Waals surface area contributed by atoms with E-state index in [-0.39, 0.29) is 17.6 Å². The summed E-state index contributed by atoms with van der Waals surface area (Å²) in [5, 5.41) is 6.76. The zero-order chi connectivity index (χ0) is 23.4. The molecule has 2 aromatic carbocycles. The van der Waals surface area contributed by atoms with E-state index in [1.54, 1.807) is 12.1 Å². The van der Waals surface area contributed by atoms with Crippen molar-refractivity contribution in [2.75, 3.05) is 38.0 Å². The van der Waals surface area contributed by atoms with Gasteiger partial charge in [0.1, 0.15) is 11.6 Å². The lowest BCUT2D eigenvalue weighted by molar-refractivity contribution is -0.136. The summed E-state index contributed by atoms with van der Waals surface area (Å²) < 4.78 is 13.5. The second-order valence-electron chi connectivity index (χ2n) is 8.78. The number of amides is 1. The van der Waals surface area contributed by atoms with Crippen molar-refractivity contribution in [1.82, 2.24) is 15.1 Å². The molecule has 0 aromatic heterocycles. The molecule has 1 amide bonds. The van der Waals surface area contributed by atoms with Crippen LogP contribution < -0.4 is 16.4 Å². The van der Waals surface area contributed by atoms with E-state index < -0.39 is 0 Å². The number of nitrogens with one attached hydrogen (secondary N) is 2. The van der Waals surface area contributed by atoms with Gasteiger partial charge in [-0.25, -0.2) is 4.39 Å². The Balaban J connectivity index is 1.58. The first-order chi connectivity index (χ1) is 15.9. The van der Waals surface area contributed by atoms with Crippen LogP contribution in [0.4, 0.5) is 10.1 Å². The summed E-state index contributed by atoms with van der Waals surface area (Å²) in [6.07, 6.45) is 1.95. The zero-order valence-corrected chi connectivity index (χ0v) is 19.1. The van der Waals surface area contributed by atoms with Gasteiger partial charge in [-0.3, -0.25) is 4.79 Å². The number of piperazine rings is 1. The number of hydrogen-bond donors (Lipinski definition) is 3. The molecule has 4 N–H and O–H groups in total. The summed E-state index contributed by atoms with van der Waals surface area (Å²) in [5.74, 6) is 0.588. The molecule has 0 saturated carbocycles. The largest absolute Gasteiger partial charge is 0.395 e. The molecule has 33 heavy (non-hydrogen) atoms. The van der Waals surface area contributed by atoms with Crippen LogP contribution in [0.25, 0.3) is 5.70 Å². The Morgan fingerprint density at radius 1 is 1.15 bits per heavy atom. The highest BCUT2D eigenvalue weighted by molar-refractivity contribution is 5.80. The van der Waals surface area contributed by atoms with Crippen molar-refractivity contribution < 1.29 is 9.18 Å². The molecule has 2 aliphatic rings. The minimum absolute atomic E-state index is 0.0306. The number of halogens is 1. The number of benzene rings is 2. The van der Waals surface area contributed by atoms with Crippen LogP contribution in [0.3, 0.4) is 0 Å². The van der Waals surface area contributed by atoms with Crippen molar-refractivity contribution in [2.24, 2.45) is 11.7 Å². The number of nitrogens with two attached hydrogens (primary N) is 1. The van der Waals surface area contributed by atoms with E-state index in [4.69, 9.17) is 5.73 Å². The van der Waals surface area contributed by atoms with Crippen LogP contribution in [0.1, 0.15) is 24.0 Å². The van der Waals surface area contributed by atoms with Crippen molar-refractivity contribution in [3.8, 4) is 0 Å². The van der Waals surface area contributed by atoms with Gasteiger partial charge in [-0.1, -0.05) is 24.3 Å². The summed E-state index contributed by atoms with van der Waals surface area (Å²) >= 11 is 0. The predicted octanol–water partition coefficient (Wildman–Crippen LogP) is 3.49. The molecule has 0 spiro atoms. The third-order valence-corrected chi connectivity index (χ3v) is 6.30. The highest BCUT2D eigenvalue weighted by Crippen LogP contribution is 2.26. The van der Waals surface area contributed by atoms with E-state index >= 15 is 0 Å². The second-order valence-corrected chi connectivity index (χ2v) is 8.78. The lowest BCUT2D eigenvalue weighted by atomic mass is 9.97. The molecule has 174 valence electrons. The number of nitrogens with zero attached hydrogens (tertiary/aromatic N) is 2. The lowest BCUT2D eigenvalue weighted by Gasteiger charge is -2.41. The molecule has 2 heterocycles. The van der Waals surface area contributed by atoms with Crippen LogP contribution in [-0.4, -0.2) is 48.4 Å². The van der Waals surface area contributed by atoms with E-state index in [0.29, 0.717) is 36.7 Å². The number of aryl methyl sites for hydroxylation is 1. The molecule has 6 nitrogen and oxygen atoms in total. The van der Waals surface area contributed by atoms with Crippen molar-refractivity contribution in [3.05, 3.63) is 83.6 Å². The van der Waals surface area contributed by atoms with Gasteiger partial charge < -0.3 is 26.2 Å². The van der Waals surface area contributed by atoms with Crippen LogP contribution in [0.2, 0.25) is 0 Å². The number of carbonyl (C=O) groups is 1. The second kappa shape index (κ2) is 10.1. The monoisotopic (exact) mass is 449 g/mol. The molecule has 1 atom stereocenters. The Morgan fingerprint density at radius 3 is 2.52 bits per heavy atom. The Labute approximate surface area is 194 Å². The SMILES string of the molecule is C=C1CN(C(=O)C2CCCNC2)CCN1/C(Nc1ccc(C)cc1)=C(\N)c1ccc(F)cc1. The standard InChI is InChI=1S/C26H32FN5O/c1-18-5-11-23(12-6-18)30-25(24(28)20-7-9-22(27)10-8-20)32-15-14-31(17-19(32)2)26(33)21-4-3-13-29-16-21/h5-12,21,29-30H,2-4,13-17,28H2,1H3/b25-24-. The molecular weight excluding hydrogens is 417 g/mol. The number of piperidine rings is 1. The average molecular weight is 450 g/mol. The normalized spacial score (nSPS) is 19.8. The Hall–Kier alpha value is -3.32. The molecule has 0 bridgehead atoms. The Bertz CT molecular complexity index is 1030. The van der Waals surface area contributed by atoms with Gasteiger partial charge >= 0.3 is 0 Å². The van der Waals surface area contributed by atoms with Gasteiger partial charge in [0.05, 0.1) is 18.2 Å². The first kappa shape index (κ1) is 22.9. The van der Waals surface area contributed by atoms with Crippen LogP contribution >= 0.6 is 0 Å². The fourth-order valence-corrected chi connectivity index (χ4v) is 4.36. The molecule has 7 heteroatoms. The van der Waals surface area contributed by atoms with Gasteiger partial charge in [0.2, 0.25) is 5.91 Å². The summed E-state index contributed by atoms with van der Waals surface area (Å²) in [6, 6.07) is 14.2. The van der Waals surface area contributed by atoms with E-state index in [0.717, 1.165) is 42.9 Å². The van der Waals surface area contributed by atoms with Gasteiger partial charge in [0, 0.05) is 36.6 Å². The van der Waals surface area contributed by atoms with Crippen LogP contribution in [0, 0.1) is 18.7 Å². The van der Waals surface area contributed by atoms with Gasteiger partial charge in [0.25, 0.3) is 0 Å². The van der Waals surface area contributed by atoms with Gasteiger partial charge in [-0.2, -0.15) is 0 Å². The van der Waals surface area contributed by atoms with Gasteiger partial charge in [-0.05, 0) is 62.7 Å². The smallest absolute Gasteiger partial charge is 0.227 e.